The Bertz CT molecular complexity index is 729. The second kappa shape index (κ2) is 11.1. The zero-order valence-electron chi connectivity index (χ0n) is 19.4. The number of hydrogen-bond acceptors (Lipinski definition) is 6. The van der Waals surface area contributed by atoms with Gasteiger partial charge in [-0.15, -0.1) is 0 Å². The molecule has 0 fully saturated rings. The first-order valence-electron chi connectivity index (χ1n) is 10.0. The Morgan fingerprint density at radius 2 is 1.87 bits per heavy atom. The van der Waals surface area contributed by atoms with E-state index in [9.17, 15) is 10.0 Å². The van der Waals surface area contributed by atoms with Gasteiger partial charge in [-0.25, -0.2) is 9.53 Å². The van der Waals surface area contributed by atoms with Crippen LogP contribution in [0, 0.1) is 5.21 Å². The van der Waals surface area contributed by atoms with Gasteiger partial charge >= 0.3 is 6.09 Å². The van der Waals surface area contributed by atoms with Crippen molar-refractivity contribution in [1.82, 2.24) is 5.32 Å². The van der Waals surface area contributed by atoms with E-state index in [0.717, 1.165) is 11.2 Å². The fourth-order valence-electron chi connectivity index (χ4n) is 3.03. The molecule has 1 aromatic rings. The number of amides is 1. The third-order valence-corrected chi connectivity index (χ3v) is 4.68. The van der Waals surface area contributed by atoms with Crippen LogP contribution in [-0.4, -0.2) is 55.6 Å². The molecule has 170 valence electrons. The summed E-state index contributed by atoms with van der Waals surface area (Å²) in [4.78, 5) is 12.4. The van der Waals surface area contributed by atoms with Crippen molar-refractivity contribution in [2.24, 2.45) is 0 Å². The highest BCUT2D eigenvalue weighted by Gasteiger charge is 2.37. The van der Waals surface area contributed by atoms with Gasteiger partial charge in [-0.3, -0.25) is 0 Å². The molecule has 30 heavy (non-hydrogen) atoms. The minimum atomic E-state index is -0.779. The average molecular weight is 425 g/mol. The van der Waals surface area contributed by atoms with Gasteiger partial charge < -0.3 is 29.5 Å². The molecule has 1 amide bonds. The smallest absolute Gasteiger partial charge is 0.408 e. The molecule has 0 unspecified atom stereocenters. The number of nitrogens with zero attached hydrogens (tertiary/aromatic N) is 1. The van der Waals surface area contributed by atoms with Crippen LogP contribution in [0.5, 0.6) is 11.5 Å². The lowest BCUT2D eigenvalue weighted by molar-refractivity contribution is -0.472. The van der Waals surface area contributed by atoms with Crippen LogP contribution in [0.25, 0.3) is 0 Å². The molecular weight excluding hydrogens is 388 g/mol. The number of carbonyl (C=O) groups is 1. The number of rotatable bonds is 10. The van der Waals surface area contributed by atoms with E-state index in [1.807, 2.05) is 13.8 Å². The predicted octanol–water partition coefficient (Wildman–Crippen LogP) is 3.88. The van der Waals surface area contributed by atoms with Crippen molar-refractivity contribution in [2.75, 3.05) is 21.3 Å². The van der Waals surface area contributed by atoms with Gasteiger partial charge in [0.1, 0.15) is 23.1 Å². The van der Waals surface area contributed by atoms with Crippen molar-refractivity contribution in [3.8, 4) is 11.5 Å². The minimum Gasteiger partial charge on any atom is -0.624 e. The molecule has 0 saturated heterocycles. The van der Waals surface area contributed by atoms with E-state index in [1.54, 1.807) is 53.2 Å². The zero-order chi connectivity index (χ0) is 22.9. The first-order valence-corrected chi connectivity index (χ1v) is 10.0. The molecule has 0 spiro atoms. The Hall–Kier alpha value is -2.48. The molecule has 1 aromatic carbocycles. The van der Waals surface area contributed by atoms with Crippen LogP contribution in [0.4, 0.5) is 4.79 Å². The summed E-state index contributed by atoms with van der Waals surface area (Å²) in [5, 5.41) is 15.6. The number of ether oxygens (including phenoxy) is 4. The molecule has 0 aliphatic carbocycles. The second-order valence-corrected chi connectivity index (χ2v) is 8.29. The van der Waals surface area contributed by atoms with E-state index < -0.39 is 23.3 Å². The zero-order valence-corrected chi connectivity index (χ0v) is 19.4. The van der Waals surface area contributed by atoms with Crippen molar-refractivity contribution in [3.63, 3.8) is 0 Å². The molecule has 8 heteroatoms. The third-order valence-electron chi connectivity index (χ3n) is 4.68. The normalized spacial score (nSPS) is 15.1. The van der Waals surface area contributed by atoms with Crippen molar-refractivity contribution < 1.29 is 28.5 Å². The highest BCUT2D eigenvalue weighted by Crippen LogP contribution is 2.25. The Balaban J connectivity index is 3.17. The van der Waals surface area contributed by atoms with Crippen molar-refractivity contribution in [2.45, 2.75) is 71.2 Å². The average Bonchev–Trinajstić information content (AvgIpc) is 2.66. The molecule has 0 aliphatic rings. The van der Waals surface area contributed by atoms with Crippen LogP contribution in [0.2, 0.25) is 0 Å². The lowest BCUT2D eigenvalue weighted by Crippen LogP contribution is -2.55. The Kier molecular flexibility index (Phi) is 9.42. The van der Waals surface area contributed by atoms with Crippen LogP contribution in [0.15, 0.2) is 18.2 Å². The highest BCUT2D eigenvalue weighted by molar-refractivity contribution is 5.74. The van der Waals surface area contributed by atoms with Gasteiger partial charge in [-0.05, 0) is 46.2 Å². The molecule has 1 N–H and O–H groups in total. The summed E-state index contributed by atoms with van der Waals surface area (Å²) in [6.07, 6.45) is 2.25. The maximum absolute atomic E-state index is 12.8. The molecule has 0 aromatic heterocycles. The molecule has 0 aliphatic heterocycles. The van der Waals surface area contributed by atoms with E-state index in [0.29, 0.717) is 23.5 Å². The van der Waals surface area contributed by atoms with E-state index in [-0.39, 0.29) is 6.54 Å². The summed E-state index contributed by atoms with van der Waals surface area (Å²) in [6, 6.07) is 4.56. The molecular formula is C22H36N2O6. The predicted molar refractivity (Wildman–Crippen MR) is 116 cm³/mol. The molecule has 2 atom stereocenters. The van der Waals surface area contributed by atoms with E-state index in [2.05, 4.69) is 5.32 Å². The molecule has 8 nitrogen and oxygen atoms in total. The standard InChI is InChI=1S/C22H36N2O6/c1-9-12-22(5,29-8)19(23-20(25)30-21(2,3)4)15-24(26)14-16-10-11-17(27-6)13-18(16)28-7/h10-11,13,15,19H,9,12,14H2,1-8H3,(H,23,25)/b24-15-/t19-,22+/m1/s1. The maximum atomic E-state index is 12.8. The SMILES string of the molecule is CCC[C@](C)(OC)[C@@H](/C=[N+](\[O-])Cc1ccc(OC)cc1OC)NC(=O)OC(C)(C)C. The van der Waals surface area contributed by atoms with Gasteiger partial charge in [-0.2, -0.15) is 0 Å². The van der Waals surface area contributed by atoms with Gasteiger partial charge in [0.2, 0.25) is 0 Å². The fourth-order valence-corrected chi connectivity index (χ4v) is 3.03. The first-order chi connectivity index (χ1) is 14.0. The van der Waals surface area contributed by atoms with Crippen LogP contribution in [-0.2, 0) is 16.0 Å². The summed E-state index contributed by atoms with van der Waals surface area (Å²) in [5.74, 6) is 1.18. The molecule has 0 bridgehead atoms. The number of nitrogens with one attached hydrogen (secondary N) is 1. The molecule has 0 saturated carbocycles. The van der Waals surface area contributed by atoms with E-state index in [4.69, 9.17) is 18.9 Å². The number of alkyl carbamates (subject to hydrolysis) is 1. The second-order valence-electron chi connectivity index (χ2n) is 8.29. The van der Waals surface area contributed by atoms with Gasteiger partial charge in [0, 0.05) is 13.2 Å². The van der Waals surface area contributed by atoms with E-state index in [1.165, 1.54) is 13.3 Å². The van der Waals surface area contributed by atoms with Crippen LogP contribution >= 0.6 is 0 Å². The molecule has 0 radical (unpaired) electrons. The quantitative estimate of drug-likeness (QED) is 0.265. The number of carbonyl (C=O) groups excluding carboxylic acids is 1. The number of benzene rings is 1. The Morgan fingerprint density at radius 1 is 1.20 bits per heavy atom. The van der Waals surface area contributed by atoms with Gasteiger partial charge in [0.05, 0.1) is 25.4 Å². The third kappa shape index (κ3) is 7.74. The lowest BCUT2D eigenvalue weighted by Gasteiger charge is -2.34. The van der Waals surface area contributed by atoms with Crippen molar-refractivity contribution >= 4 is 12.3 Å². The van der Waals surface area contributed by atoms with Crippen LogP contribution < -0.4 is 14.8 Å². The van der Waals surface area contributed by atoms with E-state index >= 15 is 0 Å². The lowest BCUT2D eigenvalue weighted by atomic mass is 9.91. The Morgan fingerprint density at radius 3 is 2.37 bits per heavy atom. The summed E-state index contributed by atoms with van der Waals surface area (Å²) in [7, 11) is 4.66. The van der Waals surface area contributed by atoms with Gasteiger partial charge in [-0.1, -0.05) is 13.3 Å². The number of hydrogen-bond donors (Lipinski definition) is 1. The largest absolute Gasteiger partial charge is 0.624 e. The van der Waals surface area contributed by atoms with Crippen LogP contribution in [0.1, 0.15) is 53.0 Å². The summed E-state index contributed by atoms with van der Waals surface area (Å²) >= 11 is 0. The Labute approximate surface area is 179 Å². The van der Waals surface area contributed by atoms with Gasteiger partial charge in [0.25, 0.3) is 0 Å². The number of hydroxylamine groups is 1. The van der Waals surface area contributed by atoms with Crippen LogP contribution in [0.3, 0.4) is 0 Å². The maximum Gasteiger partial charge on any atom is 0.408 e. The summed E-state index contributed by atoms with van der Waals surface area (Å²) < 4.78 is 22.4. The van der Waals surface area contributed by atoms with Crippen molar-refractivity contribution in [1.29, 1.82) is 0 Å². The number of methoxy groups -OCH3 is 3. The molecule has 1 rings (SSSR count). The highest BCUT2D eigenvalue weighted by atomic mass is 16.6. The van der Waals surface area contributed by atoms with Gasteiger partial charge in [0.15, 0.2) is 12.8 Å². The summed E-state index contributed by atoms with van der Waals surface area (Å²) in [6.45, 7) is 9.25. The monoisotopic (exact) mass is 424 g/mol. The topological polar surface area (TPSA) is 92.1 Å². The fraction of sp³-hybridized carbons (Fsp3) is 0.636. The van der Waals surface area contributed by atoms with Crippen molar-refractivity contribution in [3.05, 3.63) is 29.0 Å². The minimum absolute atomic E-state index is 0.0333. The summed E-state index contributed by atoms with van der Waals surface area (Å²) in [5.41, 5.74) is -0.746. The molecule has 0 heterocycles. The first kappa shape index (κ1) is 25.6.